The van der Waals surface area contributed by atoms with E-state index in [-0.39, 0.29) is 0 Å². The molecule has 0 saturated carbocycles. The fourth-order valence-electron chi connectivity index (χ4n) is 1.34. The first-order valence-corrected chi connectivity index (χ1v) is 6.31. The maximum absolute atomic E-state index is 5.73. The van der Waals surface area contributed by atoms with Gasteiger partial charge in [0.2, 0.25) is 0 Å². The van der Waals surface area contributed by atoms with Crippen LogP contribution in [-0.4, -0.2) is 13.2 Å². The van der Waals surface area contributed by atoms with Crippen molar-refractivity contribution in [1.29, 1.82) is 0 Å². The summed E-state index contributed by atoms with van der Waals surface area (Å²) in [6.45, 7) is 6.49. The van der Waals surface area contributed by atoms with Crippen molar-refractivity contribution in [3.63, 3.8) is 0 Å². The van der Waals surface area contributed by atoms with Crippen LogP contribution in [0.25, 0.3) is 0 Å². The van der Waals surface area contributed by atoms with Gasteiger partial charge < -0.3 is 10.1 Å². The lowest BCUT2D eigenvalue weighted by Gasteiger charge is -2.12. The molecule has 1 aromatic rings. The summed E-state index contributed by atoms with van der Waals surface area (Å²) < 4.78 is 6.74. The van der Waals surface area contributed by atoms with Crippen LogP contribution in [0.2, 0.25) is 0 Å². The number of halogens is 1. The molecule has 0 radical (unpaired) electrons. The Bertz CT molecular complexity index is 350. The number of hydrogen-bond donors (Lipinski definition) is 1. The van der Waals surface area contributed by atoms with Gasteiger partial charge in [0, 0.05) is 12.1 Å². The molecule has 0 aromatic heterocycles. The van der Waals surface area contributed by atoms with Gasteiger partial charge in [0.25, 0.3) is 0 Å². The van der Waals surface area contributed by atoms with Crippen molar-refractivity contribution in [2.45, 2.75) is 20.4 Å². The summed E-state index contributed by atoms with van der Waals surface area (Å²) in [5.41, 5.74) is 1.18. The van der Waals surface area contributed by atoms with Crippen molar-refractivity contribution in [2.75, 3.05) is 13.2 Å². The van der Waals surface area contributed by atoms with Gasteiger partial charge in [-0.1, -0.05) is 31.2 Å². The highest BCUT2D eigenvalue weighted by molar-refractivity contribution is 9.10. The van der Waals surface area contributed by atoms with Crippen LogP contribution in [0.5, 0.6) is 5.75 Å². The summed E-state index contributed by atoms with van der Waals surface area (Å²) in [6, 6.07) is 6.11. The molecule has 0 spiro atoms. The summed E-state index contributed by atoms with van der Waals surface area (Å²) in [7, 11) is 0. The Kier molecular flexibility index (Phi) is 6.19. The molecule has 16 heavy (non-hydrogen) atoms. The molecule has 0 heterocycles. The molecule has 0 aliphatic rings. The monoisotopic (exact) mass is 283 g/mol. The highest BCUT2D eigenvalue weighted by Gasteiger charge is 2.06. The van der Waals surface area contributed by atoms with Crippen LogP contribution in [0.1, 0.15) is 19.4 Å². The fourth-order valence-corrected chi connectivity index (χ4v) is 1.86. The Labute approximate surface area is 106 Å². The van der Waals surface area contributed by atoms with E-state index in [9.17, 15) is 0 Å². The van der Waals surface area contributed by atoms with Crippen molar-refractivity contribution in [3.05, 3.63) is 40.4 Å². The third-order valence-corrected chi connectivity index (χ3v) is 2.80. The Morgan fingerprint density at radius 2 is 2.25 bits per heavy atom. The smallest absolute Gasteiger partial charge is 0.138 e. The molecule has 2 nitrogen and oxygen atoms in total. The number of ether oxygens (including phenoxy) is 1. The van der Waals surface area contributed by atoms with Crippen LogP contribution in [0, 0.1) is 0 Å². The average molecular weight is 284 g/mol. The Morgan fingerprint density at radius 3 is 2.94 bits per heavy atom. The largest absolute Gasteiger partial charge is 0.488 e. The van der Waals surface area contributed by atoms with Crippen LogP contribution < -0.4 is 10.1 Å². The third kappa shape index (κ3) is 3.99. The minimum atomic E-state index is 0.609. The molecular formula is C13H18BrNO. The number of rotatable bonds is 6. The molecule has 1 N–H and O–H groups in total. The maximum Gasteiger partial charge on any atom is 0.138 e. The van der Waals surface area contributed by atoms with Crippen LogP contribution in [0.3, 0.4) is 0 Å². The second-order valence-corrected chi connectivity index (χ2v) is 4.24. The number of nitrogens with one attached hydrogen (secondary N) is 1. The standard InChI is InChI=1S/C13H18BrNO/c1-3-5-9-16-13-11(10-15-4-2)7-6-8-12(13)14/h3,5-8,15H,4,9-10H2,1-2H3/b5-3+. The van der Waals surface area contributed by atoms with E-state index >= 15 is 0 Å². The second kappa shape index (κ2) is 7.47. The highest BCUT2D eigenvalue weighted by atomic mass is 79.9. The van der Waals surface area contributed by atoms with Gasteiger partial charge in [-0.3, -0.25) is 0 Å². The summed E-state index contributed by atoms with van der Waals surface area (Å²) in [5.74, 6) is 0.932. The Morgan fingerprint density at radius 1 is 1.44 bits per heavy atom. The zero-order valence-electron chi connectivity index (χ0n) is 9.79. The zero-order valence-corrected chi connectivity index (χ0v) is 11.4. The van der Waals surface area contributed by atoms with Crippen LogP contribution in [0.15, 0.2) is 34.8 Å². The van der Waals surface area contributed by atoms with Crippen molar-refractivity contribution in [3.8, 4) is 5.75 Å². The van der Waals surface area contributed by atoms with Crippen molar-refractivity contribution < 1.29 is 4.74 Å². The maximum atomic E-state index is 5.73. The summed E-state index contributed by atoms with van der Waals surface area (Å²) >= 11 is 3.51. The van der Waals surface area contributed by atoms with Crippen LogP contribution in [0.4, 0.5) is 0 Å². The molecule has 0 atom stereocenters. The number of para-hydroxylation sites is 1. The minimum absolute atomic E-state index is 0.609. The van der Waals surface area contributed by atoms with Crippen LogP contribution in [-0.2, 0) is 6.54 Å². The molecule has 0 aliphatic heterocycles. The normalized spacial score (nSPS) is 10.9. The minimum Gasteiger partial charge on any atom is -0.488 e. The number of hydrogen-bond acceptors (Lipinski definition) is 2. The second-order valence-electron chi connectivity index (χ2n) is 3.39. The summed E-state index contributed by atoms with van der Waals surface area (Å²) in [6.07, 6.45) is 3.98. The molecule has 1 rings (SSSR count). The Balaban J connectivity index is 2.76. The first-order chi connectivity index (χ1) is 7.79. The van der Waals surface area contributed by atoms with Gasteiger partial charge in [0.05, 0.1) is 4.47 Å². The van der Waals surface area contributed by atoms with Crippen LogP contribution >= 0.6 is 15.9 Å². The zero-order chi connectivity index (χ0) is 11.8. The lowest BCUT2D eigenvalue weighted by Crippen LogP contribution is -2.13. The number of allylic oxidation sites excluding steroid dienone is 1. The predicted octanol–water partition coefficient (Wildman–Crippen LogP) is 3.51. The highest BCUT2D eigenvalue weighted by Crippen LogP contribution is 2.29. The van der Waals surface area contributed by atoms with Crippen molar-refractivity contribution >= 4 is 15.9 Å². The van der Waals surface area contributed by atoms with Gasteiger partial charge in [0.15, 0.2) is 0 Å². The Hall–Kier alpha value is -0.800. The van der Waals surface area contributed by atoms with E-state index in [1.54, 1.807) is 0 Å². The summed E-state index contributed by atoms with van der Waals surface area (Å²) in [5, 5.41) is 3.30. The van der Waals surface area contributed by atoms with E-state index in [2.05, 4.69) is 34.2 Å². The first kappa shape index (κ1) is 13.3. The van der Waals surface area contributed by atoms with E-state index < -0.39 is 0 Å². The van der Waals surface area contributed by atoms with Gasteiger partial charge in [-0.15, -0.1) is 0 Å². The lowest BCUT2D eigenvalue weighted by atomic mass is 10.2. The molecule has 0 amide bonds. The average Bonchev–Trinajstić information content (AvgIpc) is 2.29. The van der Waals surface area contributed by atoms with Crippen molar-refractivity contribution in [1.82, 2.24) is 5.32 Å². The van der Waals surface area contributed by atoms with E-state index in [4.69, 9.17) is 4.74 Å². The molecule has 0 bridgehead atoms. The first-order valence-electron chi connectivity index (χ1n) is 5.51. The molecular weight excluding hydrogens is 266 g/mol. The van der Waals surface area contributed by atoms with Gasteiger partial charge in [0.1, 0.15) is 12.4 Å². The molecule has 0 aliphatic carbocycles. The lowest BCUT2D eigenvalue weighted by molar-refractivity contribution is 0.355. The van der Waals surface area contributed by atoms with E-state index in [1.165, 1.54) is 5.56 Å². The molecule has 1 aromatic carbocycles. The fraction of sp³-hybridized carbons (Fsp3) is 0.385. The third-order valence-electron chi connectivity index (χ3n) is 2.17. The van der Waals surface area contributed by atoms with Gasteiger partial charge in [-0.05, 0) is 35.5 Å². The van der Waals surface area contributed by atoms with E-state index in [0.29, 0.717) is 6.61 Å². The molecule has 0 saturated heterocycles. The van der Waals surface area contributed by atoms with E-state index in [0.717, 1.165) is 23.3 Å². The SMILES string of the molecule is C/C=C/COc1c(Br)cccc1CNCC. The molecule has 3 heteroatoms. The molecule has 0 unspecified atom stereocenters. The molecule has 88 valence electrons. The van der Waals surface area contributed by atoms with Gasteiger partial charge >= 0.3 is 0 Å². The van der Waals surface area contributed by atoms with Gasteiger partial charge in [-0.25, -0.2) is 0 Å². The summed E-state index contributed by atoms with van der Waals surface area (Å²) in [4.78, 5) is 0. The van der Waals surface area contributed by atoms with E-state index in [1.807, 2.05) is 31.2 Å². The van der Waals surface area contributed by atoms with Gasteiger partial charge in [-0.2, -0.15) is 0 Å². The number of benzene rings is 1. The molecule has 0 fully saturated rings. The quantitative estimate of drug-likeness (QED) is 0.807. The predicted molar refractivity (Wildman–Crippen MR) is 71.8 cm³/mol. The topological polar surface area (TPSA) is 21.3 Å². The van der Waals surface area contributed by atoms with Crippen molar-refractivity contribution in [2.24, 2.45) is 0 Å².